The van der Waals surface area contributed by atoms with E-state index < -0.39 is 11.8 Å². The van der Waals surface area contributed by atoms with Crippen LogP contribution in [0.5, 0.6) is 0 Å². The van der Waals surface area contributed by atoms with Crippen molar-refractivity contribution in [2.45, 2.75) is 25.8 Å². The Labute approximate surface area is 126 Å². The molecule has 6 nitrogen and oxygen atoms in total. The van der Waals surface area contributed by atoms with Crippen molar-refractivity contribution < 1.29 is 14.0 Å². The van der Waals surface area contributed by atoms with Crippen molar-refractivity contribution in [1.29, 1.82) is 0 Å². The normalized spacial score (nSPS) is 13.2. The van der Waals surface area contributed by atoms with E-state index in [9.17, 15) is 14.0 Å². The standard InChI is InChI=1S/C13H15FN4O2S/c1-7-2-3-9(6-10(7)14)16-13(21)18-17-12(20)11(19)15-8-4-5-8/h2-3,6,8H,4-5H2,1H3,(H,15,19)(H,17,20)(H2,16,18,21). The van der Waals surface area contributed by atoms with Gasteiger partial charge in [-0.25, -0.2) is 4.39 Å². The molecule has 1 aliphatic carbocycles. The Kier molecular flexibility index (Phi) is 4.69. The smallest absolute Gasteiger partial charge is 0.327 e. The average molecular weight is 310 g/mol. The van der Waals surface area contributed by atoms with Crippen molar-refractivity contribution in [2.75, 3.05) is 5.32 Å². The highest BCUT2D eigenvalue weighted by Gasteiger charge is 2.26. The van der Waals surface area contributed by atoms with Gasteiger partial charge in [-0.05, 0) is 49.7 Å². The van der Waals surface area contributed by atoms with Crippen LogP contribution in [0.3, 0.4) is 0 Å². The van der Waals surface area contributed by atoms with Crippen molar-refractivity contribution in [3.63, 3.8) is 0 Å². The van der Waals surface area contributed by atoms with Crippen LogP contribution in [0.2, 0.25) is 0 Å². The summed E-state index contributed by atoms with van der Waals surface area (Å²) in [6.45, 7) is 1.65. The Balaban J connectivity index is 1.77. The molecule has 0 aliphatic heterocycles. The highest BCUT2D eigenvalue weighted by atomic mass is 32.1. The molecule has 1 aromatic rings. The van der Waals surface area contributed by atoms with E-state index in [1.54, 1.807) is 19.1 Å². The van der Waals surface area contributed by atoms with Gasteiger partial charge in [-0.2, -0.15) is 0 Å². The van der Waals surface area contributed by atoms with Gasteiger partial charge in [0.15, 0.2) is 5.11 Å². The van der Waals surface area contributed by atoms with E-state index in [4.69, 9.17) is 12.2 Å². The predicted octanol–water partition coefficient (Wildman–Crippen LogP) is 0.730. The first-order valence-corrected chi connectivity index (χ1v) is 6.80. The quantitative estimate of drug-likeness (QED) is 0.368. The second kappa shape index (κ2) is 6.49. The number of nitrogens with one attached hydrogen (secondary N) is 4. The maximum Gasteiger partial charge on any atom is 0.327 e. The number of halogens is 1. The van der Waals surface area contributed by atoms with E-state index in [0.29, 0.717) is 11.3 Å². The van der Waals surface area contributed by atoms with Gasteiger partial charge in [0.2, 0.25) is 0 Å². The zero-order valence-corrected chi connectivity index (χ0v) is 12.1. The molecule has 0 saturated heterocycles. The first kappa shape index (κ1) is 15.2. The van der Waals surface area contributed by atoms with Crippen LogP contribution in [0.25, 0.3) is 0 Å². The number of hydrogen-bond acceptors (Lipinski definition) is 3. The summed E-state index contributed by atoms with van der Waals surface area (Å²) in [7, 11) is 0. The lowest BCUT2D eigenvalue weighted by molar-refractivity contribution is -0.139. The first-order chi connectivity index (χ1) is 9.95. The molecule has 1 saturated carbocycles. The lowest BCUT2D eigenvalue weighted by Crippen LogP contribution is -2.50. The molecular formula is C13H15FN4O2S. The number of hydrogen-bond donors (Lipinski definition) is 4. The topological polar surface area (TPSA) is 82.3 Å². The Morgan fingerprint density at radius 1 is 1.24 bits per heavy atom. The molecule has 2 amide bonds. The van der Waals surface area contributed by atoms with Gasteiger partial charge in [0.1, 0.15) is 5.82 Å². The molecule has 0 atom stereocenters. The van der Waals surface area contributed by atoms with E-state index in [1.165, 1.54) is 6.07 Å². The van der Waals surface area contributed by atoms with Gasteiger partial charge in [-0.1, -0.05) is 6.07 Å². The maximum atomic E-state index is 13.4. The highest BCUT2D eigenvalue weighted by Crippen LogP contribution is 2.18. The van der Waals surface area contributed by atoms with Crippen molar-refractivity contribution in [3.8, 4) is 0 Å². The Hall–Kier alpha value is -2.22. The summed E-state index contributed by atoms with van der Waals surface area (Å²) < 4.78 is 13.4. The second-order valence-electron chi connectivity index (χ2n) is 4.74. The van der Waals surface area contributed by atoms with Gasteiger partial charge in [0, 0.05) is 11.7 Å². The monoisotopic (exact) mass is 310 g/mol. The van der Waals surface area contributed by atoms with Gasteiger partial charge in [0.25, 0.3) is 0 Å². The molecule has 2 rings (SSSR count). The fraction of sp³-hybridized carbons (Fsp3) is 0.308. The largest absolute Gasteiger partial charge is 0.345 e. The van der Waals surface area contributed by atoms with Crippen LogP contribution in [-0.2, 0) is 9.59 Å². The summed E-state index contributed by atoms with van der Waals surface area (Å²) in [4.78, 5) is 22.8. The highest BCUT2D eigenvalue weighted by molar-refractivity contribution is 7.80. The van der Waals surface area contributed by atoms with Crippen LogP contribution in [0.15, 0.2) is 18.2 Å². The van der Waals surface area contributed by atoms with Crippen LogP contribution < -0.4 is 21.5 Å². The number of thiocarbonyl (C=S) groups is 1. The Bertz CT molecular complexity index is 590. The molecule has 1 aromatic carbocycles. The lowest BCUT2D eigenvalue weighted by atomic mass is 10.2. The zero-order valence-electron chi connectivity index (χ0n) is 11.3. The van der Waals surface area contributed by atoms with Crippen LogP contribution in [0.4, 0.5) is 10.1 Å². The van der Waals surface area contributed by atoms with Gasteiger partial charge >= 0.3 is 11.8 Å². The molecule has 0 radical (unpaired) electrons. The minimum absolute atomic E-state index is 0.0471. The van der Waals surface area contributed by atoms with Crippen LogP contribution >= 0.6 is 12.2 Å². The first-order valence-electron chi connectivity index (χ1n) is 6.39. The molecule has 0 spiro atoms. The summed E-state index contributed by atoms with van der Waals surface area (Å²) in [5.41, 5.74) is 5.50. The number of aryl methyl sites for hydroxylation is 1. The van der Waals surface area contributed by atoms with Crippen molar-refractivity contribution in [2.24, 2.45) is 0 Å². The second-order valence-corrected chi connectivity index (χ2v) is 5.15. The molecule has 0 aromatic heterocycles. The Morgan fingerprint density at radius 3 is 2.57 bits per heavy atom. The third kappa shape index (κ3) is 4.67. The molecule has 21 heavy (non-hydrogen) atoms. The lowest BCUT2D eigenvalue weighted by Gasteiger charge is -2.11. The van der Waals surface area contributed by atoms with Gasteiger partial charge in [-0.15, -0.1) is 0 Å². The van der Waals surface area contributed by atoms with Crippen molar-refractivity contribution >= 4 is 34.8 Å². The van der Waals surface area contributed by atoms with E-state index in [-0.39, 0.29) is 17.0 Å². The third-order valence-electron chi connectivity index (χ3n) is 2.84. The van der Waals surface area contributed by atoms with Crippen molar-refractivity contribution in [1.82, 2.24) is 16.2 Å². The van der Waals surface area contributed by atoms with Gasteiger partial charge in [-0.3, -0.25) is 20.4 Å². The molecule has 8 heteroatoms. The van der Waals surface area contributed by atoms with Gasteiger partial charge < -0.3 is 10.6 Å². The number of anilines is 1. The summed E-state index contributed by atoms with van der Waals surface area (Å²) in [5, 5.41) is 5.27. The van der Waals surface area contributed by atoms with E-state index in [1.807, 2.05) is 0 Å². The van der Waals surface area contributed by atoms with Crippen molar-refractivity contribution in [3.05, 3.63) is 29.6 Å². The minimum Gasteiger partial charge on any atom is -0.345 e. The SMILES string of the molecule is Cc1ccc(NC(=S)NNC(=O)C(=O)NC2CC2)cc1F. The summed E-state index contributed by atoms with van der Waals surface area (Å²) >= 11 is 4.93. The number of benzene rings is 1. The fourth-order valence-corrected chi connectivity index (χ4v) is 1.65. The van der Waals surface area contributed by atoms with E-state index >= 15 is 0 Å². The third-order valence-corrected chi connectivity index (χ3v) is 3.04. The molecule has 4 N–H and O–H groups in total. The van der Waals surface area contributed by atoms with Crippen LogP contribution in [0.1, 0.15) is 18.4 Å². The summed E-state index contributed by atoms with van der Waals surface area (Å²) in [6.07, 6.45) is 1.79. The van der Waals surface area contributed by atoms with Gasteiger partial charge in [0.05, 0.1) is 0 Å². The van der Waals surface area contributed by atoms with Crippen LogP contribution in [0, 0.1) is 12.7 Å². The number of amides is 2. The fourth-order valence-electron chi connectivity index (χ4n) is 1.48. The number of rotatable bonds is 2. The zero-order chi connectivity index (χ0) is 15.4. The summed E-state index contributed by atoms with van der Waals surface area (Å²) in [6, 6.07) is 4.63. The maximum absolute atomic E-state index is 13.4. The Morgan fingerprint density at radius 2 is 1.95 bits per heavy atom. The minimum atomic E-state index is -0.832. The molecule has 0 bridgehead atoms. The summed E-state index contributed by atoms with van der Waals surface area (Å²) in [5.74, 6) is -1.91. The van der Waals surface area contributed by atoms with E-state index in [0.717, 1.165) is 12.8 Å². The number of carbonyl (C=O) groups is 2. The molecular weight excluding hydrogens is 295 g/mol. The molecule has 1 aliphatic rings. The predicted molar refractivity (Wildman–Crippen MR) is 79.8 cm³/mol. The van der Waals surface area contributed by atoms with E-state index in [2.05, 4.69) is 21.5 Å². The number of hydrazine groups is 1. The average Bonchev–Trinajstić information content (AvgIpc) is 3.24. The van der Waals surface area contributed by atoms with Crippen LogP contribution in [-0.4, -0.2) is 23.0 Å². The molecule has 0 heterocycles. The number of carbonyl (C=O) groups excluding carboxylic acids is 2. The molecule has 1 fully saturated rings. The molecule has 112 valence electrons. The molecule has 0 unspecified atom stereocenters.